The van der Waals surface area contributed by atoms with E-state index >= 15 is 0 Å². The highest BCUT2D eigenvalue weighted by Gasteiger charge is 2.16. The number of ether oxygens (including phenoxy) is 1. The third-order valence-electron chi connectivity index (χ3n) is 4.07. The van der Waals surface area contributed by atoms with Crippen LogP contribution in [0.15, 0.2) is 41.0 Å². The van der Waals surface area contributed by atoms with Gasteiger partial charge in [-0.15, -0.1) is 0 Å². The number of benzene rings is 2. The van der Waals surface area contributed by atoms with Gasteiger partial charge < -0.3 is 15.4 Å². The molecule has 2 aromatic carbocycles. The standard InChI is InChI=1S/C19H15ClF3N5O2S/c20-13-4-11(28-31)5-15-18(13)19(25-9-24-15)27-14-2-1-10(23)3-16(14)30-8-17(29)26-12(6-21)7-22/h1-5,9,12H,6-8H2,(H,26,29)(H,24,25,27). The molecule has 1 amide bonds. The smallest absolute Gasteiger partial charge is 0.258 e. The van der Waals surface area contributed by atoms with Gasteiger partial charge in [0.15, 0.2) is 6.61 Å². The molecule has 0 aliphatic rings. The summed E-state index contributed by atoms with van der Waals surface area (Å²) in [6, 6.07) is 5.52. The molecule has 0 aliphatic heterocycles. The van der Waals surface area contributed by atoms with E-state index in [0.29, 0.717) is 22.4 Å². The number of amides is 1. The molecule has 0 spiro atoms. The topological polar surface area (TPSA) is 88.5 Å². The lowest BCUT2D eigenvalue weighted by atomic mass is 10.2. The second-order valence-electron chi connectivity index (χ2n) is 6.26. The number of aromatic nitrogens is 2. The molecule has 1 aromatic heterocycles. The molecule has 7 nitrogen and oxygen atoms in total. The highest BCUT2D eigenvalue weighted by atomic mass is 35.5. The fourth-order valence-electron chi connectivity index (χ4n) is 2.65. The van der Waals surface area contributed by atoms with Gasteiger partial charge in [-0.25, -0.2) is 23.1 Å². The number of carbonyl (C=O) groups is 1. The summed E-state index contributed by atoms with van der Waals surface area (Å²) >= 11 is 11.0. The monoisotopic (exact) mass is 469 g/mol. The van der Waals surface area contributed by atoms with Crippen LogP contribution in [-0.4, -0.2) is 41.9 Å². The van der Waals surface area contributed by atoms with Crippen molar-refractivity contribution in [2.24, 2.45) is 4.36 Å². The number of hydrogen-bond acceptors (Lipinski definition) is 7. The van der Waals surface area contributed by atoms with Gasteiger partial charge in [0.05, 0.1) is 33.3 Å². The van der Waals surface area contributed by atoms with E-state index in [2.05, 4.69) is 37.4 Å². The second-order valence-corrected chi connectivity index (χ2v) is 6.85. The first-order valence-corrected chi connectivity index (χ1v) is 9.57. The molecule has 3 rings (SSSR count). The molecule has 162 valence electrons. The number of rotatable bonds is 9. The lowest BCUT2D eigenvalue weighted by Gasteiger charge is -2.16. The zero-order valence-corrected chi connectivity index (χ0v) is 17.3. The Labute approximate surface area is 185 Å². The maximum absolute atomic E-state index is 13.8. The van der Waals surface area contributed by atoms with Gasteiger partial charge in [-0.05, 0) is 24.3 Å². The molecular weight excluding hydrogens is 455 g/mol. The van der Waals surface area contributed by atoms with Gasteiger partial charge >= 0.3 is 0 Å². The largest absolute Gasteiger partial charge is 0.481 e. The van der Waals surface area contributed by atoms with Crippen LogP contribution in [0, 0.1) is 5.82 Å². The third-order valence-corrected chi connectivity index (χ3v) is 4.58. The van der Waals surface area contributed by atoms with E-state index in [1.165, 1.54) is 18.5 Å². The van der Waals surface area contributed by atoms with Gasteiger partial charge in [0.1, 0.15) is 37.1 Å². The van der Waals surface area contributed by atoms with Gasteiger partial charge in [-0.3, -0.25) is 4.79 Å². The minimum Gasteiger partial charge on any atom is -0.481 e. The Balaban J connectivity index is 1.86. The van der Waals surface area contributed by atoms with Crippen molar-refractivity contribution in [3.05, 3.63) is 47.5 Å². The Kier molecular flexibility index (Phi) is 7.53. The quantitative estimate of drug-likeness (QED) is 0.485. The lowest BCUT2D eigenvalue weighted by Crippen LogP contribution is -2.40. The summed E-state index contributed by atoms with van der Waals surface area (Å²) in [7, 11) is 0. The van der Waals surface area contributed by atoms with Gasteiger partial charge in [0.25, 0.3) is 5.91 Å². The number of halogens is 4. The number of anilines is 2. The Hall–Kier alpha value is -3.05. The van der Waals surface area contributed by atoms with E-state index in [1.54, 1.807) is 12.1 Å². The number of nitrogens with one attached hydrogen (secondary N) is 2. The van der Waals surface area contributed by atoms with Crippen molar-refractivity contribution in [3.63, 3.8) is 0 Å². The first-order chi connectivity index (χ1) is 14.9. The van der Waals surface area contributed by atoms with Crippen molar-refractivity contribution >= 4 is 58.0 Å². The molecule has 31 heavy (non-hydrogen) atoms. The molecule has 2 N–H and O–H groups in total. The molecule has 0 unspecified atom stereocenters. The SMILES string of the molecule is O=C(COc1cc(F)ccc1Nc1ncnc2cc(N=S)cc(Cl)c12)NC(CF)CF. The van der Waals surface area contributed by atoms with Crippen LogP contribution >= 0.6 is 11.6 Å². The third kappa shape index (κ3) is 5.56. The Morgan fingerprint density at radius 2 is 2.00 bits per heavy atom. The van der Waals surface area contributed by atoms with Crippen molar-refractivity contribution in [1.82, 2.24) is 15.3 Å². The molecule has 0 aliphatic carbocycles. The predicted octanol–water partition coefficient (Wildman–Crippen LogP) is 4.33. The van der Waals surface area contributed by atoms with Crippen molar-refractivity contribution in [2.45, 2.75) is 6.04 Å². The maximum Gasteiger partial charge on any atom is 0.258 e. The zero-order valence-electron chi connectivity index (χ0n) is 15.7. The summed E-state index contributed by atoms with van der Waals surface area (Å²) in [5.74, 6) is -1.10. The first-order valence-electron chi connectivity index (χ1n) is 8.83. The molecule has 3 aromatic rings. The van der Waals surface area contributed by atoms with Crippen LogP contribution in [0.5, 0.6) is 5.75 Å². The van der Waals surface area contributed by atoms with E-state index < -0.39 is 37.7 Å². The summed E-state index contributed by atoms with van der Waals surface area (Å²) < 4.78 is 47.9. The lowest BCUT2D eigenvalue weighted by molar-refractivity contribution is -0.124. The Bertz CT molecular complexity index is 1120. The highest BCUT2D eigenvalue weighted by Crippen LogP contribution is 2.35. The molecule has 1 heterocycles. The Morgan fingerprint density at radius 1 is 1.23 bits per heavy atom. The average molecular weight is 470 g/mol. The Morgan fingerprint density at radius 3 is 2.71 bits per heavy atom. The maximum atomic E-state index is 13.8. The summed E-state index contributed by atoms with van der Waals surface area (Å²) in [5, 5.41) is 5.86. The summed E-state index contributed by atoms with van der Waals surface area (Å²) in [6.45, 7) is -2.70. The van der Waals surface area contributed by atoms with Crippen molar-refractivity contribution < 1.29 is 22.7 Å². The predicted molar refractivity (Wildman–Crippen MR) is 113 cm³/mol. The molecule has 12 heteroatoms. The zero-order chi connectivity index (χ0) is 22.4. The van der Waals surface area contributed by atoms with Gasteiger partial charge in [0, 0.05) is 18.5 Å². The van der Waals surface area contributed by atoms with E-state index in [-0.39, 0.29) is 16.5 Å². The minimum absolute atomic E-state index is 0.0211. The van der Waals surface area contributed by atoms with E-state index in [4.69, 9.17) is 16.3 Å². The number of fused-ring (bicyclic) bond motifs is 1. The molecule has 0 saturated carbocycles. The fourth-order valence-corrected chi connectivity index (χ4v) is 3.06. The minimum atomic E-state index is -1.26. The first kappa shape index (κ1) is 22.6. The molecule has 0 fully saturated rings. The van der Waals surface area contributed by atoms with Gasteiger partial charge in [-0.2, -0.15) is 4.36 Å². The molecular formula is C19H15ClF3N5O2S. The van der Waals surface area contributed by atoms with Crippen LogP contribution in [0.25, 0.3) is 10.9 Å². The normalized spacial score (nSPS) is 10.9. The van der Waals surface area contributed by atoms with Gasteiger partial charge in [-0.1, -0.05) is 11.6 Å². The fraction of sp³-hybridized carbons (Fsp3) is 0.211. The van der Waals surface area contributed by atoms with Crippen LogP contribution < -0.4 is 15.4 Å². The highest BCUT2D eigenvalue weighted by molar-refractivity contribution is 7.47. The number of hydrogen-bond donors (Lipinski definition) is 2. The van der Waals surface area contributed by atoms with E-state index in [0.717, 1.165) is 6.07 Å². The summed E-state index contributed by atoms with van der Waals surface area (Å²) in [6.07, 6.45) is 1.29. The molecule has 0 saturated heterocycles. The van der Waals surface area contributed by atoms with Crippen molar-refractivity contribution in [3.8, 4) is 5.75 Å². The molecule has 0 bridgehead atoms. The van der Waals surface area contributed by atoms with Crippen LogP contribution in [0.1, 0.15) is 0 Å². The number of nitrogens with zero attached hydrogens (tertiary/aromatic N) is 3. The van der Waals surface area contributed by atoms with Gasteiger partial charge in [0.2, 0.25) is 0 Å². The molecule has 0 radical (unpaired) electrons. The number of alkyl halides is 2. The molecule has 0 atom stereocenters. The second kappa shape index (κ2) is 10.3. The van der Waals surface area contributed by atoms with Crippen molar-refractivity contribution in [2.75, 3.05) is 25.3 Å². The van der Waals surface area contributed by atoms with Crippen molar-refractivity contribution in [1.29, 1.82) is 0 Å². The van der Waals surface area contributed by atoms with Crippen LogP contribution in [0.3, 0.4) is 0 Å². The van der Waals surface area contributed by atoms with Crippen LogP contribution in [0.4, 0.5) is 30.4 Å². The average Bonchev–Trinajstić information content (AvgIpc) is 2.77. The van der Waals surface area contributed by atoms with E-state index in [1.807, 2.05) is 0 Å². The van der Waals surface area contributed by atoms with E-state index in [9.17, 15) is 18.0 Å². The van der Waals surface area contributed by atoms with Crippen LogP contribution in [-0.2, 0) is 17.2 Å². The number of carbonyl (C=O) groups excluding carboxylic acids is 1. The van der Waals surface area contributed by atoms with Crippen LogP contribution in [0.2, 0.25) is 5.02 Å². The summed E-state index contributed by atoms with van der Waals surface area (Å²) in [4.78, 5) is 20.1. The summed E-state index contributed by atoms with van der Waals surface area (Å²) in [5.41, 5.74) is 1.20.